The maximum atomic E-state index is 13.7. The van der Waals surface area contributed by atoms with E-state index >= 15 is 0 Å². The standard InChI is InChI=1S/C14H13FO3S/c1-9-13(5-6-18-9)19-8-10-3-4-11(12(15)7-10)14(16)17-2/h3-7H,8H2,1-2H3. The number of carbonyl (C=O) groups excluding carboxylic acids is 1. The van der Waals surface area contributed by atoms with E-state index in [0.29, 0.717) is 5.75 Å². The first-order valence-electron chi connectivity index (χ1n) is 5.65. The molecule has 0 aliphatic rings. The van der Waals surface area contributed by atoms with Crippen LogP contribution in [0, 0.1) is 12.7 Å². The van der Waals surface area contributed by atoms with Crippen molar-refractivity contribution in [3.63, 3.8) is 0 Å². The Kier molecular flexibility index (Phi) is 4.27. The zero-order chi connectivity index (χ0) is 13.8. The summed E-state index contributed by atoms with van der Waals surface area (Å²) in [5.41, 5.74) is 0.756. The van der Waals surface area contributed by atoms with E-state index in [1.165, 1.54) is 19.2 Å². The van der Waals surface area contributed by atoms with Gasteiger partial charge in [0.05, 0.1) is 18.9 Å². The zero-order valence-corrected chi connectivity index (χ0v) is 11.4. The van der Waals surface area contributed by atoms with Crippen LogP contribution in [0.5, 0.6) is 0 Å². The van der Waals surface area contributed by atoms with Crippen molar-refractivity contribution in [3.8, 4) is 0 Å². The number of halogens is 1. The maximum Gasteiger partial charge on any atom is 0.340 e. The molecule has 0 saturated heterocycles. The Balaban J connectivity index is 2.08. The van der Waals surface area contributed by atoms with Gasteiger partial charge in [-0.3, -0.25) is 0 Å². The first-order valence-corrected chi connectivity index (χ1v) is 6.64. The Morgan fingerprint density at radius 2 is 2.21 bits per heavy atom. The van der Waals surface area contributed by atoms with Gasteiger partial charge >= 0.3 is 5.97 Å². The van der Waals surface area contributed by atoms with Crippen molar-refractivity contribution in [1.29, 1.82) is 0 Å². The molecule has 0 bridgehead atoms. The molecule has 0 spiro atoms. The van der Waals surface area contributed by atoms with Crippen molar-refractivity contribution in [2.24, 2.45) is 0 Å². The highest BCUT2D eigenvalue weighted by Gasteiger charge is 2.12. The fourth-order valence-corrected chi connectivity index (χ4v) is 2.51. The Morgan fingerprint density at radius 1 is 1.42 bits per heavy atom. The fourth-order valence-electron chi connectivity index (χ4n) is 1.61. The molecule has 1 heterocycles. The molecule has 0 fully saturated rings. The van der Waals surface area contributed by atoms with E-state index in [1.807, 2.05) is 13.0 Å². The molecule has 3 nitrogen and oxygen atoms in total. The molecule has 0 radical (unpaired) electrons. The van der Waals surface area contributed by atoms with Crippen LogP contribution in [0.1, 0.15) is 21.7 Å². The number of rotatable bonds is 4. The summed E-state index contributed by atoms with van der Waals surface area (Å²) in [4.78, 5) is 12.3. The lowest BCUT2D eigenvalue weighted by atomic mass is 10.1. The summed E-state index contributed by atoms with van der Waals surface area (Å²) in [6.07, 6.45) is 1.62. The van der Waals surface area contributed by atoms with E-state index in [-0.39, 0.29) is 5.56 Å². The smallest absolute Gasteiger partial charge is 0.340 e. The van der Waals surface area contributed by atoms with Crippen LogP contribution >= 0.6 is 11.8 Å². The van der Waals surface area contributed by atoms with Gasteiger partial charge in [0.1, 0.15) is 11.6 Å². The minimum absolute atomic E-state index is 0.0456. The monoisotopic (exact) mass is 280 g/mol. The van der Waals surface area contributed by atoms with Crippen LogP contribution in [-0.2, 0) is 10.5 Å². The van der Waals surface area contributed by atoms with Crippen LogP contribution in [-0.4, -0.2) is 13.1 Å². The molecule has 0 N–H and O–H groups in total. The summed E-state index contributed by atoms with van der Waals surface area (Å²) in [6, 6.07) is 6.39. The topological polar surface area (TPSA) is 39.4 Å². The number of carbonyl (C=O) groups is 1. The molecule has 1 aromatic carbocycles. The summed E-state index contributed by atoms with van der Waals surface area (Å²) < 4.78 is 23.4. The molecule has 2 aromatic rings. The first kappa shape index (κ1) is 13.7. The number of esters is 1. The SMILES string of the molecule is COC(=O)c1ccc(CSc2ccoc2C)cc1F. The lowest BCUT2D eigenvalue weighted by Crippen LogP contribution is -2.04. The summed E-state index contributed by atoms with van der Waals surface area (Å²) in [6.45, 7) is 1.88. The van der Waals surface area contributed by atoms with Crippen LogP contribution in [0.15, 0.2) is 39.8 Å². The minimum Gasteiger partial charge on any atom is -0.468 e. The van der Waals surface area contributed by atoms with Gasteiger partial charge in [0.25, 0.3) is 0 Å². The van der Waals surface area contributed by atoms with E-state index in [9.17, 15) is 9.18 Å². The first-order chi connectivity index (χ1) is 9.11. The van der Waals surface area contributed by atoms with Gasteiger partial charge in [0.2, 0.25) is 0 Å². The second-order valence-corrected chi connectivity index (χ2v) is 4.95. The summed E-state index contributed by atoms with van der Waals surface area (Å²) >= 11 is 1.56. The van der Waals surface area contributed by atoms with Crippen molar-refractivity contribution in [1.82, 2.24) is 0 Å². The molecule has 5 heteroatoms. The maximum absolute atomic E-state index is 13.7. The summed E-state index contributed by atoms with van der Waals surface area (Å²) in [5.74, 6) is 0.228. The highest BCUT2D eigenvalue weighted by Crippen LogP contribution is 2.27. The average molecular weight is 280 g/mol. The van der Waals surface area contributed by atoms with Crippen LogP contribution in [0.4, 0.5) is 4.39 Å². The molecule has 0 atom stereocenters. The Morgan fingerprint density at radius 3 is 2.79 bits per heavy atom. The Labute approximate surface area is 114 Å². The van der Waals surface area contributed by atoms with Crippen LogP contribution in [0.2, 0.25) is 0 Å². The third kappa shape index (κ3) is 3.17. The Hall–Kier alpha value is -1.75. The average Bonchev–Trinajstić information content (AvgIpc) is 2.81. The highest BCUT2D eigenvalue weighted by molar-refractivity contribution is 7.98. The number of methoxy groups -OCH3 is 1. The molecular weight excluding hydrogens is 267 g/mol. The quantitative estimate of drug-likeness (QED) is 0.630. The van der Waals surface area contributed by atoms with Crippen LogP contribution in [0.25, 0.3) is 0 Å². The van der Waals surface area contributed by atoms with Crippen molar-refractivity contribution in [2.75, 3.05) is 7.11 Å². The van der Waals surface area contributed by atoms with Gasteiger partial charge < -0.3 is 9.15 Å². The number of furan rings is 1. The number of aryl methyl sites for hydroxylation is 1. The van der Waals surface area contributed by atoms with E-state index in [2.05, 4.69) is 4.74 Å². The van der Waals surface area contributed by atoms with E-state index < -0.39 is 11.8 Å². The minimum atomic E-state index is -0.664. The molecule has 0 amide bonds. The molecular formula is C14H13FO3S. The van der Waals surface area contributed by atoms with Gasteiger partial charge in [-0.15, -0.1) is 11.8 Å². The van der Waals surface area contributed by atoms with Gasteiger partial charge in [-0.05, 0) is 30.7 Å². The van der Waals surface area contributed by atoms with Gasteiger partial charge in [0.15, 0.2) is 0 Å². The molecule has 1 aromatic heterocycles. The van der Waals surface area contributed by atoms with Crippen LogP contribution in [0.3, 0.4) is 0 Å². The largest absolute Gasteiger partial charge is 0.468 e. The van der Waals surface area contributed by atoms with Gasteiger partial charge in [0, 0.05) is 10.6 Å². The number of ether oxygens (including phenoxy) is 1. The summed E-state index contributed by atoms with van der Waals surface area (Å²) in [7, 11) is 1.23. The highest BCUT2D eigenvalue weighted by atomic mass is 32.2. The number of hydrogen-bond acceptors (Lipinski definition) is 4. The molecule has 0 aliphatic heterocycles. The molecule has 19 heavy (non-hydrogen) atoms. The molecule has 0 aliphatic carbocycles. The Bertz CT molecular complexity index is 592. The van der Waals surface area contributed by atoms with E-state index in [4.69, 9.17) is 4.42 Å². The number of benzene rings is 1. The van der Waals surface area contributed by atoms with E-state index in [1.54, 1.807) is 24.1 Å². The molecule has 0 saturated carbocycles. The third-order valence-electron chi connectivity index (χ3n) is 2.64. The van der Waals surface area contributed by atoms with Crippen molar-refractivity contribution in [3.05, 3.63) is 53.2 Å². The normalized spacial score (nSPS) is 10.5. The summed E-state index contributed by atoms with van der Waals surface area (Å²) in [5, 5.41) is 0. The predicted molar refractivity (Wildman–Crippen MR) is 70.7 cm³/mol. The van der Waals surface area contributed by atoms with Gasteiger partial charge in [-0.1, -0.05) is 6.07 Å². The predicted octanol–water partition coefficient (Wildman–Crippen LogP) is 3.81. The molecule has 2 rings (SSSR count). The van der Waals surface area contributed by atoms with Crippen molar-refractivity contribution < 1.29 is 18.3 Å². The lowest BCUT2D eigenvalue weighted by Gasteiger charge is -2.04. The second kappa shape index (κ2) is 5.93. The number of hydrogen-bond donors (Lipinski definition) is 0. The van der Waals surface area contributed by atoms with Gasteiger partial charge in [-0.2, -0.15) is 0 Å². The zero-order valence-electron chi connectivity index (χ0n) is 10.6. The van der Waals surface area contributed by atoms with Crippen LogP contribution < -0.4 is 0 Å². The lowest BCUT2D eigenvalue weighted by molar-refractivity contribution is 0.0595. The third-order valence-corrected chi connectivity index (χ3v) is 3.86. The van der Waals surface area contributed by atoms with Crippen molar-refractivity contribution in [2.45, 2.75) is 17.6 Å². The molecule has 0 unspecified atom stereocenters. The molecule has 100 valence electrons. The van der Waals surface area contributed by atoms with Crippen molar-refractivity contribution >= 4 is 17.7 Å². The second-order valence-electron chi connectivity index (χ2n) is 3.94. The number of thioether (sulfide) groups is 1. The van der Waals surface area contributed by atoms with Gasteiger partial charge in [-0.25, -0.2) is 9.18 Å². The van der Waals surface area contributed by atoms with E-state index in [0.717, 1.165) is 16.2 Å². The fraction of sp³-hybridized carbons (Fsp3) is 0.214.